The van der Waals surface area contributed by atoms with Crippen molar-refractivity contribution in [3.63, 3.8) is 0 Å². The van der Waals surface area contributed by atoms with Crippen LogP contribution in [0.4, 0.5) is 5.69 Å². The lowest BCUT2D eigenvalue weighted by atomic mass is 10.1. The van der Waals surface area contributed by atoms with Crippen molar-refractivity contribution in [2.45, 2.75) is 32.7 Å². The number of ether oxygens (including phenoxy) is 2. The van der Waals surface area contributed by atoms with E-state index in [0.717, 1.165) is 29.9 Å². The maximum absolute atomic E-state index is 6.53. The standard InChI is InChI=1S/C15H19ClN2O3/c1-9-6-18(7-10(2)20-9)13-5-4-11-12(8-19-3)17-21-15(11)14(13)16/h4-5,9-10H,6-8H2,1-3H3/t9-,10+. The highest BCUT2D eigenvalue weighted by atomic mass is 35.5. The predicted octanol–water partition coefficient (Wildman–Crippen LogP) is 3.24. The van der Waals surface area contributed by atoms with Gasteiger partial charge in [-0.3, -0.25) is 0 Å². The van der Waals surface area contributed by atoms with Crippen LogP contribution in [0.1, 0.15) is 19.5 Å². The number of fused-ring (bicyclic) bond motifs is 1. The first kappa shape index (κ1) is 14.6. The van der Waals surface area contributed by atoms with E-state index in [1.807, 2.05) is 12.1 Å². The molecule has 0 amide bonds. The molecule has 0 unspecified atom stereocenters. The van der Waals surface area contributed by atoms with Crippen molar-refractivity contribution in [2.24, 2.45) is 0 Å². The maximum Gasteiger partial charge on any atom is 0.187 e. The van der Waals surface area contributed by atoms with E-state index in [1.54, 1.807) is 7.11 Å². The fourth-order valence-corrected chi connectivity index (χ4v) is 3.19. The number of methoxy groups -OCH3 is 1. The summed E-state index contributed by atoms with van der Waals surface area (Å²) in [6.07, 6.45) is 0.360. The normalized spacial score (nSPS) is 23.0. The number of benzene rings is 1. The third-order valence-corrected chi connectivity index (χ3v) is 4.04. The molecule has 0 radical (unpaired) electrons. The third-order valence-electron chi connectivity index (χ3n) is 3.68. The number of halogens is 1. The number of aromatic nitrogens is 1. The van der Waals surface area contributed by atoms with Gasteiger partial charge in [-0.05, 0) is 26.0 Å². The van der Waals surface area contributed by atoms with E-state index in [1.165, 1.54) is 0 Å². The van der Waals surface area contributed by atoms with Crippen LogP contribution < -0.4 is 4.90 Å². The van der Waals surface area contributed by atoms with Gasteiger partial charge >= 0.3 is 0 Å². The number of morpholine rings is 1. The molecule has 1 aromatic carbocycles. The van der Waals surface area contributed by atoms with Gasteiger partial charge in [-0.15, -0.1) is 0 Å². The van der Waals surface area contributed by atoms with Gasteiger partial charge in [-0.25, -0.2) is 0 Å². The van der Waals surface area contributed by atoms with Gasteiger partial charge in [0.2, 0.25) is 0 Å². The van der Waals surface area contributed by atoms with Gasteiger partial charge in [0.15, 0.2) is 5.58 Å². The molecule has 2 heterocycles. The topological polar surface area (TPSA) is 47.7 Å². The van der Waals surface area contributed by atoms with Gasteiger partial charge in [0, 0.05) is 25.6 Å². The molecule has 0 bridgehead atoms. The van der Waals surface area contributed by atoms with Gasteiger partial charge in [-0.1, -0.05) is 16.8 Å². The van der Waals surface area contributed by atoms with Crippen LogP contribution in [-0.2, 0) is 16.1 Å². The van der Waals surface area contributed by atoms with E-state index in [0.29, 0.717) is 17.2 Å². The average molecular weight is 311 g/mol. The van der Waals surface area contributed by atoms with E-state index >= 15 is 0 Å². The zero-order chi connectivity index (χ0) is 15.0. The van der Waals surface area contributed by atoms with Crippen LogP contribution in [0, 0.1) is 0 Å². The van der Waals surface area contributed by atoms with Crippen LogP contribution in [0.25, 0.3) is 11.0 Å². The van der Waals surface area contributed by atoms with E-state index in [2.05, 4.69) is 23.9 Å². The van der Waals surface area contributed by atoms with Gasteiger partial charge in [0.1, 0.15) is 10.7 Å². The highest BCUT2D eigenvalue weighted by molar-refractivity contribution is 6.37. The SMILES string of the molecule is COCc1noc2c(Cl)c(N3C[C@@H](C)O[C@@H](C)C3)ccc12. The summed E-state index contributed by atoms with van der Waals surface area (Å²) >= 11 is 6.53. The van der Waals surface area contributed by atoms with Crippen LogP contribution >= 0.6 is 11.6 Å². The first-order chi connectivity index (χ1) is 10.1. The Morgan fingerprint density at radius 2 is 2.05 bits per heavy atom. The minimum Gasteiger partial charge on any atom is -0.378 e. The average Bonchev–Trinajstić information content (AvgIpc) is 2.83. The van der Waals surface area contributed by atoms with Crippen LogP contribution in [0.5, 0.6) is 0 Å². The number of anilines is 1. The van der Waals surface area contributed by atoms with Crippen LogP contribution in [-0.4, -0.2) is 37.6 Å². The molecule has 0 saturated carbocycles. The second-order valence-corrected chi connectivity index (χ2v) is 5.88. The summed E-state index contributed by atoms with van der Waals surface area (Å²) in [4.78, 5) is 2.24. The lowest BCUT2D eigenvalue weighted by Gasteiger charge is -2.37. The molecule has 0 N–H and O–H groups in total. The minimum atomic E-state index is 0.180. The van der Waals surface area contributed by atoms with Crippen LogP contribution in [0.2, 0.25) is 5.02 Å². The number of hydrogen-bond donors (Lipinski definition) is 0. The summed E-state index contributed by atoms with van der Waals surface area (Å²) in [5, 5.41) is 5.54. The zero-order valence-corrected chi connectivity index (χ0v) is 13.2. The predicted molar refractivity (Wildman–Crippen MR) is 82.0 cm³/mol. The largest absolute Gasteiger partial charge is 0.378 e. The molecule has 1 saturated heterocycles. The zero-order valence-electron chi connectivity index (χ0n) is 12.4. The molecular formula is C15H19ClN2O3. The molecule has 1 aliphatic rings. The van der Waals surface area contributed by atoms with E-state index in [9.17, 15) is 0 Å². The Balaban J connectivity index is 1.98. The summed E-state index contributed by atoms with van der Waals surface area (Å²) in [7, 11) is 1.63. The van der Waals surface area contributed by atoms with E-state index in [-0.39, 0.29) is 12.2 Å². The van der Waals surface area contributed by atoms with Gasteiger partial charge in [-0.2, -0.15) is 0 Å². The first-order valence-corrected chi connectivity index (χ1v) is 7.44. The molecule has 6 heteroatoms. The number of hydrogen-bond acceptors (Lipinski definition) is 5. The molecule has 2 aromatic rings. The van der Waals surface area contributed by atoms with Gasteiger partial charge < -0.3 is 18.9 Å². The molecule has 114 valence electrons. The molecule has 5 nitrogen and oxygen atoms in total. The Kier molecular flexibility index (Phi) is 4.06. The lowest BCUT2D eigenvalue weighted by molar-refractivity contribution is -0.00520. The highest BCUT2D eigenvalue weighted by Gasteiger charge is 2.25. The van der Waals surface area contributed by atoms with Crippen molar-refractivity contribution >= 4 is 28.3 Å². The van der Waals surface area contributed by atoms with Gasteiger partial charge in [0.25, 0.3) is 0 Å². The summed E-state index contributed by atoms with van der Waals surface area (Å²) in [5.41, 5.74) is 2.35. The summed E-state index contributed by atoms with van der Waals surface area (Å²) in [5.74, 6) is 0. The van der Waals surface area contributed by atoms with Crippen molar-refractivity contribution in [2.75, 3.05) is 25.1 Å². The molecule has 1 aromatic heterocycles. The van der Waals surface area contributed by atoms with Crippen molar-refractivity contribution < 1.29 is 14.0 Å². The first-order valence-electron chi connectivity index (χ1n) is 7.06. The van der Waals surface area contributed by atoms with Gasteiger partial charge in [0.05, 0.1) is 24.5 Å². The highest BCUT2D eigenvalue weighted by Crippen LogP contribution is 2.36. The third kappa shape index (κ3) is 2.73. The lowest BCUT2D eigenvalue weighted by Crippen LogP contribution is -2.45. The Morgan fingerprint density at radius 3 is 2.71 bits per heavy atom. The molecule has 0 aliphatic carbocycles. The quantitative estimate of drug-likeness (QED) is 0.871. The molecule has 1 aliphatic heterocycles. The number of rotatable bonds is 3. The van der Waals surface area contributed by atoms with Crippen molar-refractivity contribution in [1.82, 2.24) is 5.16 Å². The summed E-state index contributed by atoms with van der Waals surface area (Å²) in [6, 6.07) is 4.01. The smallest absolute Gasteiger partial charge is 0.187 e. The van der Waals surface area contributed by atoms with Crippen LogP contribution in [0.3, 0.4) is 0 Å². The molecule has 2 atom stereocenters. The van der Waals surface area contributed by atoms with E-state index < -0.39 is 0 Å². The Bertz CT molecular complexity index is 633. The van der Waals surface area contributed by atoms with Crippen molar-refractivity contribution in [3.8, 4) is 0 Å². The van der Waals surface area contributed by atoms with E-state index in [4.69, 9.17) is 25.6 Å². The summed E-state index contributed by atoms with van der Waals surface area (Å²) < 4.78 is 16.3. The molecule has 0 spiro atoms. The second-order valence-electron chi connectivity index (χ2n) is 5.50. The van der Waals surface area contributed by atoms with Crippen LogP contribution in [0.15, 0.2) is 16.7 Å². The molecule has 1 fully saturated rings. The maximum atomic E-state index is 6.53. The molecule has 3 rings (SSSR count). The minimum absolute atomic E-state index is 0.180. The number of nitrogens with zero attached hydrogens (tertiary/aromatic N) is 2. The fraction of sp³-hybridized carbons (Fsp3) is 0.533. The summed E-state index contributed by atoms with van der Waals surface area (Å²) in [6.45, 7) is 6.18. The second kappa shape index (κ2) is 5.83. The molecule has 21 heavy (non-hydrogen) atoms. The Labute approximate surface area is 128 Å². The Morgan fingerprint density at radius 1 is 1.33 bits per heavy atom. The van der Waals surface area contributed by atoms with Crippen molar-refractivity contribution in [3.05, 3.63) is 22.8 Å². The fourth-order valence-electron chi connectivity index (χ4n) is 2.87. The van der Waals surface area contributed by atoms with Crippen molar-refractivity contribution in [1.29, 1.82) is 0 Å². The Hall–Kier alpha value is -1.30. The monoisotopic (exact) mass is 310 g/mol. The molecular weight excluding hydrogens is 292 g/mol.